The summed E-state index contributed by atoms with van der Waals surface area (Å²) in [6.07, 6.45) is -0.901. The van der Waals surface area contributed by atoms with Crippen molar-refractivity contribution in [2.75, 3.05) is 6.26 Å². The second-order valence-electron chi connectivity index (χ2n) is 6.15. The number of aliphatic carboxylic acids is 1. The minimum atomic E-state index is -3.84. The molecule has 1 heterocycles. The van der Waals surface area contributed by atoms with Crippen LogP contribution < -0.4 is 4.74 Å². The number of nitrogens with zero attached hydrogens (tertiary/aromatic N) is 1. The Morgan fingerprint density at radius 1 is 1.37 bits per heavy atom. The van der Waals surface area contributed by atoms with E-state index in [1.807, 2.05) is 0 Å². The van der Waals surface area contributed by atoms with E-state index in [4.69, 9.17) is 9.84 Å². The molecular formula is C17H14BrF2NO5S. The molecule has 3 atom stereocenters. The van der Waals surface area contributed by atoms with Gasteiger partial charge in [0.2, 0.25) is 6.17 Å². The van der Waals surface area contributed by atoms with E-state index >= 15 is 0 Å². The number of rotatable bonds is 5. The Balaban J connectivity index is 2.18. The highest BCUT2D eigenvalue weighted by atomic mass is 79.9. The van der Waals surface area contributed by atoms with Crippen LogP contribution in [0.3, 0.4) is 0 Å². The van der Waals surface area contributed by atoms with Crippen molar-refractivity contribution in [3.05, 3.63) is 46.2 Å². The second kappa shape index (κ2) is 7.16. The number of ether oxygens (including phenoxy) is 1. The van der Waals surface area contributed by atoms with Crippen molar-refractivity contribution in [3.63, 3.8) is 0 Å². The quantitative estimate of drug-likeness (QED) is 0.723. The van der Waals surface area contributed by atoms with Gasteiger partial charge in [-0.3, -0.25) is 4.98 Å². The molecule has 1 unspecified atom stereocenters. The van der Waals surface area contributed by atoms with Gasteiger partial charge in [-0.2, -0.15) is 0 Å². The summed E-state index contributed by atoms with van der Waals surface area (Å²) in [6, 6.07) is 4.02. The number of alkyl halides is 2. The summed E-state index contributed by atoms with van der Waals surface area (Å²) in [5.74, 6) is -2.96. The van der Waals surface area contributed by atoms with E-state index in [2.05, 4.69) is 20.9 Å². The molecule has 0 amide bonds. The molecule has 0 aliphatic heterocycles. The number of pyridine rings is 1. The van der Waals surface area contributed by atoms with Crippen LogP contribution in [-0.4, -0.2) is 36.9 Å². The largest absolute Gasteiger partial charge is 0.479 e. The number of carbonyl (C=O) groups is 1. The van der Waals surface area contributed by atoms with Gasteiger partial charge in [0.1, 0.15) is 17.7 Å². The van der Waals surface area contributed by atoms with Gasteiger partial charge in [0.15, 0.2) is 9.84 Å². The minimum absolute atomic E-state index is 0.00936. The van der Waals surface area contributed by atoms with Gasteiger partial charge in [-0.15, -0.1) is 0 Å². The number of fused-ring (bicyclic) bond motifs is 1. The first kappa shape index (κ1) is 19.7. The Morgan fingerprint density at radius 3 is 2.67 bits per heavy atom. The zero-order chi connectivity index (χ0) is 19.9. The Hall–Kier alpha value is -2.07. The average Bonchev–Trinajstić information content (AvgIpc) is 2.91. The lowest BCUT2D eigenvalue weighted by atomic mass is 9.96. The first-order chi connectivity index (χ1) is 12.6. The summed E-state index contributed by atoms with van der Waals surface area (Å²) in [5, 5.41) is 8.99. The summed E-state index contributed by atoms with van der Waals surface area (Å²) in [6.45, 7) is 0. The lowest BCUT2D eigenvalue weighted by Gasteiger charge is -2.18. The van der Waals surface area contributed by atoms with E-state index in [0.717, 1.165) is 6.26 Å². The molecule has 2 aromatic rings. The maximum absolute atomic E-state index is 14.7. The molecule has 144 valence electrons. The van der Waals surface area contributed by atoms with E-state index in [9.17, 15) is 22.0 Å². The zero-order valence-electron chi connectivity index (χ0n) is 13.9. The molecule has 0 fully saturated rings. The monoisotopic (exact) mass is 461 g/mol. The molecule has 3 rings (SSSR count). The number of carboxylic acid groups (broad SMARTS) is 1. The van der Waals surface area contributed by atoms with Crippen LogP contribution >= 0.6 is 15.9 Å². The predicted molar refractivity (Wildman–Crippen MR) is 95.3 cm³/mol. The lowest BCUT2D eigenvalue weighted by Crippen LogP contribution is -2.23. The van der Waals surface area contributed by atoms with Crippen molar-refractivity contribution < 1.29 is 31.8 Å². The number of benzene rings is 1. The van der Waals surface area contributed by atoms with Crippen LogP contribution in [0.25, 0.3) is 0 Å². The van der Waals surface area contributed by atoms with E-state index < -0.39 is 40.5 Å². The molecule has 0 saturated heterocycles. The van der Waals surface area contributed by atoms with Crippen LogP contribution in [0.2, 0.25) is 0 Å². The smallest absolute Gasteiger partial charge is 0.338 e. The molecule has 1 aromatic heterocycles. The molecule has 0 bridgehead atoms. The first-order valence-corrected chi connectivity index (χ1v) is 10.4. The third kappa shape index (κ3) is 3.81. The fourth-order valence-corrected chi connectivity index (χ4v) is 4.51. The van der Waals surface area contributed by atoms with Gasteiger partial charge in [0, 0.05) is 28.4 Å². The fourth-order valence-electron chi connectivity index (χ4n) is 3.19. The SMILES string of the molecule is CS(=O)(=O)c1ccc(Oc2cncc(Br)c2)c2c1C([C@H](F)C(=O)O)C[C@H]2F. The van der Waals surface area contributed by atoms with E-state index in [1.54, 1.807) is 6.07 Å². The minimum Gasteiger partial charge on any atom is -0.479 e. The Morgan fingerprint density at radius 2 is 2.07 bits per heavy atom. The van der Waals surface area contributed by atoms with Gasteiger partial charge < -0.3 is 9.84 Å². The maximum Gasteiger partial charge on any atom is 0.338 e. The molecule has 1 aliphatic carbocycles. The van der Waals surface area contributed by atoms with Gasteiger partial charge in [-0.05, 0) is 46.1 Å². The van der Waals surface area contributed by atoms with Crippen LogP contribution in [0.1, 0.15) is 29.6 Å². The Kier molecular flexibility index (Phi) is 5.22. The van der Waals surface area contributed by atoms with Gasteiger partial charge >= 0.3 is 5.97 Å². The topological polar surface area (TPSA) is 93.6 Å². The normalized spacial score (nSPS) is 20.1. The van der Waals surface area contributed by atoms with Crippen LogP contribution in [0, 0.1) is 0 Å². The summed E-state index contributed by atoms with van der Waals surface area (Å²) < 4.78 is 59.4. The number of hydrogen-bond donors (Lipinski definition) is 1. The zero-order valence-corrected chi connectivity index (χ0v) is 16.3. The van der Waals surface area contributed by atoms with Crippen molar-refractivity contribution in [1.82, 2.24) is 4.98 Å². The third-order valence-electron chi connectivity index (χ3n) is 4.25. The molecule has 0 radical (unpaired) electrons. The van der Waals surface area contributed by atoms with Crippen LogP contribution in [0.5, 0.6) is 11.5 Å². The number of halogens is 3. The predicted octanol–water partition coefficient (Wildman–Crippen LogP) is 3.96. The molecule has 6 nitrogen and oxygen atoms in total. The van der Waals surface area contributed by atoms with E-state index in [1.165, 1.54) is 24.5 Å². The van der Waals surface area contributed by atoms with Crippen LogP contribution in [0.15, 0.2) is 40.0 Å². The molecular weight excluding hydrogens is 448 g/mol. The van der Waals surface area contributed by atoms with Crippen LogP contribution in [0.4, 0.5) is 8.78 Å². The summed E-state index contributed by atoms with van der Waals surface area (Å²) >= 11 is 3.22. The molecule has 0 spiro atoms. The maximum atomic E-state index is 14.7. The highest BCUT2D eigenvalue weighted by Gasteiger charge is 2.44. The summed E-state index contributed by atoms with van der Waals surface area (Å²) in [4.78, 5) is 14.7. The average molecular weight is 462 g/mol. The van der Waals surface area contributed by atoms with Crippen LogP contribution in [-0.2, 0) is 14.6 Å². The highest BCUT2D eigenvalue weighted by Crippen LogP contribution is 2.52. The van der Waals surface area contributed by atoms with Gasteiger partial charge in [0.05, 0.1) is 11.1 Å². The number of hydrogen-bond acceptors (Lipinski definition) is 5. The van der Waals surface area contributed by atoms with Crippen molar-refractivity contribution >= 4 is 31.7 Å². The van der Waals surface area contributed by atoms with Gasteiger partial charge in [0.25, 0.3) is 0 Å². The molecule has 1 aliphatic rings. The Bertz CT molecular complexity index is 1010. The van der Waals surface area contributed by atoms with Crippen molar-refractivity contribution in [2.24, 2.45) is 0 Å². The van der Waals surface area contributed by atoms with Crippen molar-refractivity contribution in [2.45, 2.75) is 29.6 Å². The number of sulfone groups is 1. The Labute approximate surface area is 162 Å². The molecule has 0 saturated carbocycles. The third-order valence-corrected chi connectivity index (χ3v) is 5.84. The van der Waals surface area contributed by atoms with Gasteiger partial charge in [-0.25, -0.2) is 22.0 Å². The summed E-state index contributed by atoms with van der Waals surface area (Å²) in [7, 11) is -3.84. The highest BCUT2D eigenvalue weighted by molar-refractivity contribution is 9.10. The lowest BCUT2D eigenvalue weighted by molar-refractivity contribution is -0.143. The summed E-state index contributed by atoms with van der Waals surface area (Å²) in [5.41, 5.74) is -0.327. The van der Waals surface area contributed by atoms with Crippen molar-refractivity contribution in [3.8, 4) is 11.5 Å². The first-order valence-electron chi connectivity index (χ1n) is 7.75. The molecule has 27 heavy (non-hydrogen) atoms. The number of carboxylic acids is 1. The standard InChI is InChI=1S/C17H14BrF2NO5S/c1-27(24,25)13-3-2-12(26-9-4-8(18)6-21-7-9)15-11(19)5-10(14(13)15)16(20)17(22)23/h2-4,6-7,10-11,16H,5H2,1H3,(H,22,23)/t10?,11-,16+/m1/s1. The molecule has 1 N–H and O–H groups in total. The van der Waals surface area contributed by atoms with Gasteiger partial charge in [-0.1, -0.05) is 0 Å². The van der Waals surface area contributed by atoms with E-state index in [-0.39, 0.29) is 27.5 Å². The fraction of sp³-hybridized carbons (Fsp3) is 0.294. The molecule has 10 heteroatoms. The van der Waals surface area contributed by atoms with Crippen molar-refractivity contribution in [1.29, 1.82) is 0 Å². The van der Waals surface area contributed by atoms with E-state index in [0.29, 0.717) is 4.47 Å². The number of aromatic nitrogens is 1. The molecule has 1 aromatic carbocycles. The second-order valence-corrected chi connectivity index (χ2v) is 9.05.